The number of rotatable bonds is 7. The van der Waals surface area contributed by atoms with E-state index in [0.29, 0.717) is 53.2 Å². The first-order valence-corrected chi connectivity index (χ1v) is 15.4. The number of anilines is 1. The molecule has 5 heterocycles. The molecule has 0 radical (unpaired) electrons. The average molecular weight is 630 g/mol. The molecule has 1 fully saturated rings. The molecule has 12 heteroatoms. The Hall–Kier alpha value is -4.71. The Morgan fingerprint density at radius 2 is 1.76 bits per heavy atom. The Kier molecular flexibility index (Phi) is 7.75. The summed E-state index contributed by atoms with van der Waals surface area (Å²) in [6.07, 6.45) is 7.41. The highest BCUT2D eigenvalue weighted by molar-refractivity contribution is 6.13. The van der Waals surface area contributed by atoms with Crippen molar-refractivity contribution in [3.05, 3.63) is 89.4 Å². The zero-order valence-corrected chi connectivity index (χ0v) is 25.7. The van der Waals surface area contributed by atoms with Crippen LogP contribution in [0.4, 0.5) is 18.9 Å². The van der Waals surface area contributed by atoms with Crippen molar-refractivity contribution in [1.82, 2.24) is 29.2 Å². The molecule has 0 N–H and O–H groups in total. The standard InChI is InChI=1S/C34H34F3N7O2/c1-41-20-29(32(40-41)34(35,36)37)26-14-22(18-43-13-9-38-21-43)15-27-25(26)7-12-44(33(27)45)30-6-8-39-31-23(16-24(46-2)17-28(30)31)19-42-10-4-3-5-11-42/h6,8-9,13-17,20-21H,3-5,7,10-12,18-19H2,1-2H3. The van der Waals surface area contributed by atoms with E-state index in [4.69, 9.17) is 9.72 Å². The summed E-state index contributed by atoms with van der Waals surface area (Å²) in [6.45, 7) is 3.41. The summed E-state index contributed by atoms with van der Waals surface area (Å²) >= 11 is 0. The molecule has 3 aromatic heterocycles. The predicted molar refractivity (Wildman–Crippen MR) is 168 cm³/mol. The highest BCUT2D eigenvalue weighted by Gasteiger charge is 2.39. The van der Waals surface area contributed by atoms with Gasteiger partial charge in [0, 0.05) is 68.0 Å². The highest BCUT2D eigenvalue weighted by Crippen LogP contribution is 2.41. The van der Waals surface area contributed by atoms with Gasteiger partial charge in [0.2, 0.25) is 0 Å². The third-order valence-electron chi connectivity index (χ3n) is 8.93. The fourth-order valence-corrected chi connectivity index (χ4v) is 6.83. The van der Waals surface area contributed by atoms with E-state index >= 15 is 0 Å². The number of methoxy groups -OCH3 is 1. The Balaban J connectivity index is 1.34. The van der Waals surface area contributed by atoms with Crippen LogP contribution in [0.15, 0.2) is 61.4 Å². The number of alkyl halides is 3. The van der Waals surface area contributed by atoms with Gasteiger partial charge < -0.3 is 14.2 Å². The Morgan fingerprint density at radius 1 is 0.957 bits per heavy atom. The third kappa shape index (κ3) is 5.61. The maximum Gasteiger partial charge on any atom is 0.435 e. The Bertz CT molecular complexity index is 1910. The molecular formula is C34H34F3N7O2. The molecule has 0 bridgehead atoms. The van der Waals surface area contributed by atoms with Crippen molar-refractivity contribution in [2.45, 2.75) is 44.9 Å². The molecule has 0 aliphatic carbocycles. The van der Waals surface area contributed by atoms with Crippen LogP contribution in [0, 0.1) is 0 Å². The van der Waals surface area contributed by atoms with Crippen molar-refractivity contribution in [2.75, 3.05) is 31.6 Å². The van der Waals surface area contributed by atoms with E-state index < -0.39 is 11.9 Å². The lowest BCUT2D eigenvalue weighted by Gasteiger charge is -2.32. The van der Waals surface area contributed by atoms with Gasteiger partial charge in [-0.25, -0.2) is 4.98 Å². The molecule has 1 amide bonds. The smallest absolute Gasteiger partial charge is 0.435 e. The van der Waals surface area contributed by atoms with Gasteiger partial charge in [0.1, 0.15) is 5.75 Å². The summed E-state index contributed by atoms with van der Waals surface area (Å²) in [6, 6.07) is 9.29. The van der Waals surface area contributed by atoms with Crippen LogP contribution in [0.1, 0.15) is 52.0 Å². The second-order valence-corrected chi connectivity index (χ2v) is 12.0. The summed E-state index contributed by atoms with van der Waals surface area (Å²) in [4.78, 5) is 27.4. The highest BCUT2D eigenvalue weighted by atomic mass is 19.4. The van der Waals surface area contributed by atoms with Crippen molar-refractivity contribution in [2.24, 2.45) is 7.05 Å². The summed E-state index contributed by atoms with van der Waals surface area (Å²) in [5.74, 6) is 0.403. The molecule has 5 aromatic rings. The van der Waals surface area contributed by atoms with Crippen molar-refractivity contribution < 1.29 is 22.7 Å². The molecule has 238 valence electrons. The summed E-state index contributed by atoms with van der Waals surface area (Å²) in [5.41, 5.74) is 3.52. The second kappa shape index (κ2) is 11.9. The number of ether oxygens (including phenoxy) is 1. The molecular weight excluding hydrogens is 595 g/mol. The zero-order chi connectivity index (χ0) is 32.0. The van der Waals surface area contributed by atoms with E-state index in [1.165, 1.54) is 24.3 Å². The van der Waals surface area contributed by atoms with E-state index in [2.05, 4.69) is 15.0 Å². The lowest BCUT2D eigenvalue weighted by molar-refractivity contribution is -0.140. The number of piperidine rings is 1. The van der Waals surface area contributed by atoms with Crippen molar-refractivity contribution >= 4 is 22.5 Å². The molecule has 1 saturated heterocycles. The molecule has 0 atom stereocenters. The number of aromatic nitrogens is 5. The largest absolute Gasteiger partial charge is 0.497 e. The molecule has 2 aromatic carbocycles. The second-order valence-electron chi connectivity index (χ2n) is 12.0. The quantitative estimate of drug-likeness (QED) is 0.217. The van der Waals surface area contributed by atoms with Gasteiger partial charge in [-0.3, -0.25) is 19.4 Å². The van der Waals surface area contributed by atoms with E-state index in [1.807, 2.05) is 22.8 Å². The fourth-order valence-electron chi connectivity index (χ4n) is 6.83. The van der Waals surface area contributed by atoms with Crippen LogP contribution in [0.25, 0.3) is 22.0 Å². The summed E-state index contributed by atoms with van der Waals surface area (Å²) < 4.78 is 51.1. The van der Waals surface area contributed by atoms with Crippen LogP contribution < -0.4 is 9.64 Å². The molecule has 46 heavy (non-hydrogen) atoms. The lowest BCUT2D eigenvalue weighted by Crippen LogP contribution is -2.38. The van der Waals surface area contributed by atoms with Gasteiger partial charge in [-0.15, -0.1) is 0 Å². The van der Waals surface area contributed by atoms with Gasteiger partial charge in [-0.2, -0.15) is 18.3 Å². The Morgan fingerprint density at radius 3 is 2.50 bits per heavy atom. The molecule has 2 aliphatic heterocycles. The summed E-state index contributed by atoms with van der Waals surface area (Å²) in [7, 11) is 3.09. The van der Waals surface area contributed by atoms with Gasteiger partial charge >= 0.3 is 6.18 Å². The van der Waals surface area contributed by atoms with Crippen LogP contribution in [-0.4, -0.2) is 61.9 Å². The fraction of sp³-hybridized carbons (Fsp3) is 0.353. The molecule has 7 rings (SSSR count). The van der Waals surface area contributed by atoms with Gasteiger partial charge in [0.15, 0.2) is 5.69 Å². The number of hydrogen-bond donors (Lipinski definition) is 0. The monoisotopic (exact) mass is 629 g/mol. The zero-order valence-electron chi connectivity index (χ0n) is 25.7. The minimum Gasteiger partial charge on any atom is -0.497 e. The first-order chi connectivity index (χ1) is 22.2. The molecule has 0 saturated carbocycles. The predicted octanol–water partition coefficient (Wildman–Crippen LogP) is 6.10. The number of benzene rings is 2. The summed E-state index contributed by atoms with van der Waals surface area (Å²) in [5, 5.41) is 4.55. The lowest BCUT2D eigenvalue weighted by atomic mass is 9.87. The number of carbonyl (C=O) groups is 1. The molecule has 0 unspecified atom stereocenters. The number of likely N-dealkylation sites (tertiary alicyclic amines) is 1. The number of fused-ring (bicyclic) bond motifs is 2. The Labute approximate surface area is 264 Å². The molecule has 2 aliphatic rings. The number of amides is 1. The van der Waals surface area contributed by atoms with Crippen LogP contribution in [0.3, 0.4) is 0 Å². The van der Waals surface area contributed by atoms with Gasteiger partial charge in [-0.1, -0.05) is 6.42 Å². The number of hydrogen-bond acceptors (Lipinski definition) is 6. The molecule has 0 spiro atoms. The number of imidazole rings is 1. The van der Waals surface area contributed by atoms with E-state index in [0.717, 1.165) is 48.9 Å². The van der Waals surface area contributed by atoms with Gasteiger partial charge in [0.25, 0.3) is 5.91 Å². The normalized spacial score (nSPS) is 15.8. The van der Waals surface area contributed by atoms with Crippen molar-refractivity contribution in [3.63, 3.8) is 0 Å². The van der Waals surface area contributed by atoms with Crippen LogP contribution in [-0.2, 0) is 32.7 Å². The minimum absolute atomic E-state index is 0.0403. The SMILES string of the molecule is COc1cc(CN2CCCCC2)c2nccc(N3CCc4c(cc(Cn5ccnc5)cc4-c4cn(C)nc4C(F)(F)F)C3=O)c2c1. The minimum atomic E-state index is -4.66. The number of pyridine rings is 1. The van der Waals surface area contributed by atoms with Crippen LogP contribution >= 0.6 is 0 Å². The third-order valence-corrected chi connectivity index (χ3v) is 8.93. The first kappa shape index (κ1) is 30.0. The van der Waals surface area contributed by atoms with Gasteiger partial charge in [-0.05, 0) is 84.9 Å². The maximum atomic E-state index is 14.4. The van der Waals surface area contributed by atoms with E-state index in [1.54, 1.807) is 49.1 Å². The first-order valence-electron chi connectivity index (χ1n) is 15.4. The number of carbonyl (C=O) groups excluding carboxylic acids is 1. The number of halogens is 3. The van der Waals surface area contributed by atoms with E-state index in [9.17, 15) is 18.0 Å². The molecule has 9 nitrogen and oxygen atoms in total. The van der Waals surface area contributed by atoms with Crippen molar-refractivity contribution in [1.29, 1.82) is 0 Å². The average Bonchev–Trinajstić information content (AvgIpc) is 3.71. The van der Waals surface area contributed by atoms with Crippen LogP contribution in [0.5, 0.6) is 5.75 Å². The van der Waals surface area contributed by atoms with Crippen molar-refractivity contribution in [3.8, 4) is 16.9 Å². The topological polar surface area (TPSA) is 81.3 Å². The van der Waals surface area contributed by atoms with E-state index in [-0.39, 0.29) is 11.5 Å². The number of nitrogens with zero attached hydrogens (tertiary/aromatic N) is 7. The number of aryl methyl sites for hydroxylation is 1. The van der Waals surface area contributed by atoms with Gasteiger partial charge in [0.05, 0.1) is 24.6 Å². The van der Waals surface area contributed by atoms with Crippen LogP contribution in [0.2, 0.25) is 0 Å². The maximum absolute atomic E-state index is 14.4.